The molecule has 0 radical (unpaired) electrons. The molecule has 0 saturated heterocycles. The lowest BCUT2D eigenvalue weighted by Crippen LogP contribution is -2.14. The molecule has 1 unspecified atom stereocenters. The van der Waals surface area contributed by atoms with E-state index < -0.39 is 6.10 Å². The lowest BCUT2D eigenvalue weighted by Gasteiger charge is -2.14. The third-order valence-corrected chi connectivity index (χ3v) is 3.48. The molecule has 0 amide bonds. The van der Waals surface area contributed by atoms with Gasteiger partial charge in [-0.3, -0.25) is 0 Å². The van der Waals surface area contributed by atoms with E-state index in [0.717, 1.165) is 16.9 Å². The molecule has 0 aliphatic carbocycles. The molecule has 0 aliphatic heterocycles. The van der Waals surface area contributed by atoms with Crippen LogP contribution in [0.4, 0.5) is 0 Å². The highest BCUT2D eigenvalue weighted by molar-refractivity contribution is 5.37. The maximum atomic E-state index is 10.3. The highest BCUT2D eigenvalue weighted by Crippen LogP contribution is 2.22. The lowest BCUT2D eigenvalue weighted by molar-refractivity contribution is 0.174. The summed E-state index contributed by atoms with van der Waals surface area (Å²) in [6.45, 7) is 4.12. The van der Waals surface area contributed by atoms with Crippen molar-refractivity contribution in [2.24, 2.45) is 0 Å². The predicted octanol–water partition coefficient (Wildman–Crippen LogP) is 3.46. The van der Waals surface area contributed by atoms with E-state index in [-0.39, 0.29) is 0 Å². The Bertz CT molecular complexity index is 558. The number of hydrogen-bond acceptors (Lipinski definition) is 2. The Morgan fingerprint density at radius 1 is 0.950 bits per heavy atom. The van der Waals surface area contributed by atoms with Crippen LogP contribution >= 0.6 is 0 Å². The predicted molar refractivity (Wildman–Crippen MR) is 82.3 cm³/mol. The zero-order valence-corrected chi connectivity index (χ0v) is 12.4. The minimum absolute atomic E-state index is 0.395. The molecule has 1 N–H and O–H groups in total. The summed E-state index contributed by atoms with van der Waals surface area (Å²) in [5.74, 6) is 0.846. The van der Waals surface area contributed by atoms with E-state index in [1.165, 1.54) is 11.1 Å². The van der Waals surface area contributed by atoms with Crippen molar-refractivity contribution in [3.63, 3.8) is 0 Å². The van der Waals surface area contributed by atoms with Crippen molar-refractivity contribution >= 4 is 0 Å². The van der Waals surface area contributed by atoms with Crippen molar-refractivity contribution in [2.45, 2.75) is 32.8 Å². The van der Waals surface area contributed by atoms with Crippen LogP contribution < -0.4 is 4.74 Å². The van der Waals surface area contributed by atoms with Gasteiger partial charge in [-0.25, -0.2) is 0 Å². The topological polar surface area (TPSA) is 29.5 Å². The largest absolute Gasteiger partial charge is 0.496 e. The third-order valence-electron chi connectivity index (χ3n) is 3.48. The van der Waals surface area contributed by atoms with Gasteiger partial charge in [-0.05, 0) is 37.5 Å². The summed E-state index contributed by atoms with van der Waals surface area (Å²) >= 11 is 0. The Morgan fingerprint density at radius 3 is 2.25 bits per heavy atom. The first kappa shape index (κ1) is 14.6. The van der Waals surface area contributed by atoms with Crippen molar-refractivity contribution in [3.05, 3.63) is 64.7 Å². The van der Waals surface area contributed by atoms with Gasteiger partial charge in [0.2, 0.25) is 0 Å². The van der Waals surface area contributed by atoms with Crippen molar-refractivity contribution in [1.29, 1.82) is 0 Å². The quantitative estimate of drug-likeness (QED) is 0.901. The van der Waals surface area contributed by atoms with Gasteiger partial charge in [0.1, 0.15) is 5.75 Å². The summed E-state index contributed by atoms with van der Waals surface area (Å²) in [5, 5.41) is 10.3. The van der Waals surface area contributed by atoms with Crippen LogP contribution in [0.2, 0.25) is 0 Å². The molecule has 2 aromatic carbocycles. The first-order valence-electron chi connectivity index (χ1n) is 6.95. The average molecular weight is 270 g/mol. The van der Waals surface area contributed by atoms with E-state index in [2.05, 4.69) is 44.2 Å². The molecule has 2 rings (SSSR count). The summed E-state index contributed by atoms with van der Waals surface area (Å²) in [7, 11) is 1.67. The molecular formula is C18H22O2. The maximum Gasteiger partial charge on any atom is 0.122 e. The molecule has 0 bridgehead atoms. The van der Waals surface area contributed by atoms with Crippen LogP contribution in [0.3, 0.4) is 0 Å². The molecule has 2 nitrogen and oxygen atoms in total. The van der Waals surface area contributed by atoms with E-state index >= 15 is 0 Å². The van der Waals surface area contributed by atoms with E-state index in [1.54, 1.807) is 7.11 Å². The first-order chi connectivity index (χ1) is 9.58. The Kier molecular flexibility index (Phi) is 4.80. The lowest BCUT2D eigenvalue weighted by atomic mass is 9.99. The van der Waals surface area contributed by atoms with Gasteiger partial charge in [-0.2, -0.15) is 0 Å². The highest BCUT2D eigenvalue weighted by Gasteiger charge is 2.11. The number of aliphatic hydroxyl groups is 1. The molecular weight excluding hydrogens is 248 g/mol. The molecule has 0 heterocycles. The number of methoxy groups -OCH3 is 1. The van der Waals surface area contributed by atoms with Crippen LogP contribution in [0.1, 0.15) is 22.3 Å². The van der Waals surface area contributed by atoms with Crippen LogP contribution in [-0.4, -0.2) is 18.3 Å². The monoisotopic (exact) mass is 270 g/mol. The van der Waals surface area contributed by atoms with Crippen LogP contribution in [0.25, 0.3) is 0 Å². The molecule has 2 aromatic rings. The Balaban J connectivity index is 2.05. The number of benzene rings is 2. The van der Waals surface area contributed by atoms with Gasteiger partial charge in [-0.15, -0.1) is 0 Å². The average Bonchev–Trinajstić information content (AvgIpc) is 2.41. The summed E-state index contributed by atoms with van der Waals surface area (Å²) in [6, 6.07) is 14.4. The zero-order valence-electron chi connectivity index (χ0n) is 12.4. The number of aryl methyl sites for hydroxylation is 2. The second-order valence-electron chi connectivity index (χ2n) is 5.36. The fourth-order valence-corrected chi connectivity index (χ4v) is 2.39. The van der Waals surface area contributed by atoms with Gasteiger partial charge in [0.05, 0.1) is 13.2 Å². The zero-order chi connectivity index (χ0) is 14.5. The van der Waals surface area contributed by atoms with E-state index in [0.29, 0.717) is 12.8 Å². The summed E-state index contributed by atoms with van der Waals surface area (Å²) in [5.41, 5.74) is 4.65. The SMILES string of the molecule is COc1ccc(C)cc1CC(O)Cc1ccc(C)cc1. The van der Waals surface area contributed by atoms with Crippen molar-refractivity contribution in [3.8, 4) is 5.75 Å². The maximum absolute atomic E-state index is 10.3. The number of aliphatic hydroxyl groups excluding tert-OH is 1. The molecule has 0 fully saturated rings. The Morgan fingerprint density at radius 2 is 1.60 bits per heavy atom. The van der Waals surface area contributed by atoms with Crippen LogP contribution in [0.5, 0.6) is 5.75 Å². The molecule has 0 spiro atoms. The third kappa shape index (κ3) is 3.84. The van der Waals surface area contributed by atoms with E-state index in [1.807, 2.05) is 12.1 Å². The van der Waals surface area contributed by atoms with Crippen molar-refractivity contribution < 1.29 is 9.84 Å². The van der Waals surface area contributed by atoms with E-state index in [9.17, 15) is 5.11 Å². The summed E-state index contributed by atoms with van der Waals surface area (Å²) < 4.78 is 5.36. The molecule has 2 heteroatoms. The van der Waals surface area contributed by atoms with E-state index in [4.69, 9.17) is 4.74 Å². The molecule has 0 aromatic heterocycles. The van der Waals surface area contributed by atoms with Crippen molar-refractivity contribution in [2.75, 3.05) is 7.11 Å². The van der Waals surface area contributed by atoms with Gasteiger partial charge in [0.25, 0.3) is 0 Å². The Hall–Kier alpha value is -1.80. The molecule has 0 saturated carbocycles. The minimum Gasteiger partial charge on any atom is -0.496 e. The summed E-state index contributed by atoms with van der Waals surface area (Å²) in [4.78, 5) is 0. The second-order valence-corrected chi connectivity index (χ2v) is 5.36. The van der Waals surface area contributed by atoms with Crippen LogP contribution in [0.15, 0.2) is 42.5 Å². The fraction of sp³-hybridized carbons (Fsp3) is 0.333. The van der Waals surface area contributed by atoms with Crippen LogP contribution in [0, 0.1) is 13.8 Å². The standard InChI is InChI=1S/C18H22O2/c1-13-4-7-15(8-5-13)11-17(19)12-16-10-14(2)6-9-18(16)20-3/h4-10,17,19H,11-12H2,1-3H3. The second kappa shape index (κ2) is 6.58. The molecule has 106 valence electrons. The number of hydrogen-bond donors (Lipinski definition) is 1. The normalized spacial score (nSPS) is 12.2. The molecule has 0 aliphatic rings. The molecule has 1 atom stereocenters. The van der Waals surface area contributed by atoms with Gasteiger partial charge in [0, 0.05) is 6.42 Å². The van der Waals surface area contributed by atoms with Gasteiger partial charge < -0.3 is 9.84 Å². The summed E-state index contributed by atoms with van der Waals surface area (Å²) in [6.07, 6.45) is 0.879. The van der Waals surface area contributed by atoms with Gasteiger partial charge in [0.15, 0.2) is 0 Å². The van der Waals surface area contributed by atoms with Crippen LogP contribution in [-0.2, 0) is 12.8 Å². The van der Waals surface area contributed by atoms with Gasteiger partial charge in [-0.1, -0.05) is 47.5 Å². The fourth-order valence-electron chi connectivity index (χ4n) is 2.39. The first-order valence-corrected chi connectivity index (χ1v) is 6.95. The molecule has 20 heavy (non-hydrogen) atoms. The minimum atomic E-state index is -0.395. The Labute approximate surface area is 121 Å². The van der Waals surface area contributed by atoms with Crippen molar-refractivity contribution in [1.82, 2.24) is 0 Å². The smallest absolute Gasteiger partial charge is 0.122 e. The number of rotatable bonds is 5. The number of ether oxygens (including phenoxy) is 1. The van der Waals surface area contributed by atoms with Gasteiger partial charge >= 0.3 is 0 Å². The highest BCUT2D eigenvalue weighted by atomic mass is 16.5.